The smallest absolute Gasteiger partial charge is 0.412 e. The normalized spacial score (nSPS) is 10.6. The van der Waals surface area contributed by atoms with Crippen molar-refractivity contribution in [3.8, 4) is 0 Å². The number of anilines is 1. The Balaban J connectivity index is 2.58. The highest BCUT2D eigenvalue weighted by molar-refractivity contribution is 5.84. The van der Waals surface area contributed by atoms with Crippen LogP contribution in [0.5, 0.6) is 0 Å². The summed E-state index contributed by atoms with van der Waals surface area (Å²) in [5.41, 5.74) is 6.30. The van der Waals surface area contributed by atoms with Gasteiger partial charge in [-0.25, -0.2) is 4.79 Å². The maximum absolute atomic E-state index is 11.4. The van der Waals surface area contributed by atoms with E-state index < -0.39 is 6.09 Å². The number of carbonyl (C=O) groups is 1. The zero-order valence-corrected chi connectivity index (χ0v) is 9.86. The third-order valence-corrected chi connectivity index (χ3v) is 2.00. The van der Waals surface area contributed by atoms with E-state index in [1.807, 2.05) is 13.8 Å². The maximum Gasteiger partial charge on any atom is 0.412 e. The van der Waals surface area contributed by atoms with Crippen LogP contribution in [-0.2, 0) is 18.3 Å². The van der Waals surface area contributed by atoms with E-state index in [9.17, 15) is 4.79 Å². The van der Waals surface area contributed by atoms with Crippen molar-refractivity contribution in [2.45, 2.75) is 20.4 Å². The van der Waals surface area contributed by atoms with E-state index in [1.54, 1.807) is 17.9 Å². The van der Waals surface area contributed by atoms with E-state index in [0.717, 1.165) is 5.56 Å². The number of nitrogens with zero attached hydrogens (tertiary/aromatic N) is 2. The fourth-order valence-corrected chi connectivity index (χ4v) is 1.17. The van der Waals surface area contributed by atoms with Crippen LogP contribution in [0, 0.1) is 5.92 Å². The third-order valence-electron chi connectivity index (χ3n) is 2.00. The first-order valence-electron chi connectivity index (χ1n) is 5.19. The van der Waals surface area contributed by atoms with Gasteiger partial charge >= 0.3 is 6.09 Å². The Morgan fingerprint density at radius 2 is 2.38 bits per heavy atom. The summed E-state index contributed by atoms with van der Waals surface area (Å²) < 4.78 is 6.55. The average molecular weight is 226 g/mol. The summed E-state index contributed by atoms with van der Waals surface area (Å²) in [6.07, 6.45) is 1.14. The van der Waals surface area contributed by atoms with Gasteiger partial charge < -0.3 is 10.5 Å². The lowest BCUT2D eigenvalue weighted by Gasteiger charge is -2.09. The van der Waals surface area contributed by atoms with Crippen LogP contribution in [0.2, 0.25) is 0 Å². The average Bonchev–Trinajstić information content (AvgIpc) is 2.57. The van der Waals surface area contributed by atoms with Crippen molar-refractivity contribution in [1.82, 2.24) is 9.78 Å². The molecule has 0 spiro atoms. The molecule has 0 radical (unpaired) electrons. The predicted octanol–water partition coefficient (Wildman–Crippen LogP) is 1.08. The summed E-state index contributed by atoms with van der Waals surface area (Å²) in [6.45, 7) is 4.67. The molecule has 1 heterocycles. The minimum absolute atomic E-state index is 0.311. The van der Waals surface area contributed by atoms with Crippen LogP contribution in [-0.4, -0.2) is 22.5 Å². The van der Waals surface area contributed by atoms with Gasteiger partial charge in [-0.3, -0.25) is 10.00 Å². The molecule has 90 valence electrons. The van der Waals surface area contributed by atoms with Crippen molar-refractivity contribution in [2.75, 3.05) is 11.9 Å². The molecule has 0 saturated heterocycles. The highest BCUT2D eigenvalue weighted by atomic mass is 16.5. The van der Waals surface area contributed by atoms with Crippen molar-refractivity contribution in [3.63, 3.8) is 0 Å². The Kier molecular flexibility index (Phi) is 4.30. The van der Waals surface area contributed by atoms with Crippen molar-refractivity contribution in [1.29, 1.82) is 0 Å². The fraction of sp³-hybridized carbons (Fsp3) is 0.600. The molecule has 1 aromatic heterocycles. The molecular formula is C10H18N4O2. The Labute approximate surface area is 94.8 Å². The molecule has 0 aliphatic rings. The second-order valence-electron chi connectivity index (χ2n) is 3.96. The van der Waals surface area contributed by atoms with Crippen LogP contribution in [0.4, 0.5) is 10.6 Å². The lowest BCUT2D eigenvalue weighted by molar-refractivity contribution is 0.147. The molecular weight excluding hydrogens is 208 g/mol. The van der Waals surface area contributed by atoms with Crippen molar-refractivity contribution in [2.24, 2.45) is 18.7 Å². The molecule has 0 aromatic carbocycles. The first kappa shape index (κ1) is 12.5. The van der Waals surface area contributed by atoms with E-state index >= 15 is 0 Å². The molecule has 0 unspecified atom stereocenters. The molecule has 16 heavy (non-hydrogen) atoms. The minimum atomic E-state index is -0.480. The number of rotatable bonds is 4. The van der Waals surface area contributed by atoms with Gasteiger partial charge in [-0.1, -0.05) is 13.8 Å². The fourth-order valence-electron chi connectivity index (χ4n) is 1.17. The molecule has 6 heteroatoms. The van der Waals surface area contributed by atoms with Gasteiger partial charge in [0.25, 0.3) is 0 Å². The van der Waals surface area contributed by atoms with E-state index in [2.05, 4.69) is 10.4 Å². The Bertz CT molecular complexity index is 360. The minimum Gasteiger partial charge on any atom is -0.449 e. The standard InChI is InChI=1S/C10H18N4O2/c1-7(2)6-16-10(15)13-9-8(4-11)5-12-14(9)3/h5,7H,4,6,11H2,1-3H3,(H,13,15). The molecule has 0 saturated carbocycles. The van der Waals surface area contributed by atoms with Gasteiger partial charge in [-0.05, 0) is 5.92 Å². The topological polar surface area (TPSA) is 82.2 Å². The van der Waals surface area contributed by atoms with Gasteiger partial charge in [0.2, 0.25) is 0 Å². The molecule has 1 aromatic rings. The number of hydrogen-bond acceptors (Lipinski definition) is 4. The number of ether oxygens (including phenoxy) is 1. The SMILES string of the molecule is CC(C)COC(=O)Nc1c(CN)cnn1C. The number of nitrogens with two attached hydrogens (primary N) is 1. The molecule has 0 aliphatic heterocycles. The largest absolute Gasteiger partial charge is 0.449 e. The molecule has 1 amide bonds. The van der Waals surface area contributed by atoms with Crippen molar-refractivity contribution >= 4 is 11.9 Å². The molecule has 6 nitrogen and oxygen atoms in total. The van der Waals surface area contributed by atoms with E-state index in [1.165, 1.54) is 0 Å². The van der Waals surface area contributed by atoms with Crippen LogP contribution in [0.15, 0.2) is 6.20 Å². The van der Waals surface area contributed by atoms with Crippen LogP contribution in [0.3, 0.4) is 0 Å². The van der Waals surface area contributed by atoms with Gasteiger partial charge in [-0.2, -0.15) is 5.10 Å². The van der Waals surface area contributed by atoms with Crippen molar-refractivity contribution < 1.29 is 9.53 Å². The summed E-state index contributed by atoms with van der Waals surface area (Å²) in [6, 6.07) is 0. The monoisotopic (exact) mass is 226 g/mol. The summed E-state index contributed by atoms with van der Waals surface area (Å²) in [4.78, 5) is 11.4. The van der Waals surface area contributed by atoms with Gasteiger partial charge in [-0.15, -0.1) is 0 Å². The third kappa shape index (κ3) is 3.23. The Morgan fingerprint density at radius 1 is 1.69 bits per heavy atom. The lowest BCUT2D eigenvalue weighted by Crippen LogP contribution is -2.19. The quantitative estimate of drug-likeness (QED) is 0.805. The molecule has 0 aliphatic carbocycles. The maximum atomic E-state index is 11.4. The van der Waals surface area contributed by atoms with Gasteiger partial charge in [0.1, 0.15) is 5.82 Å². The molecule has 0 fully saturated rings. The first-order valence-corrected chi connectivity index (χ1v) is 5.19. The Morgan fingerprint density at radius 3 is 2.94 bits per heavy atom. The summed E-state index contributed by atoms with van der Waals surface area (Å²) in [7, 11) is 1.73. The number of aromatic nitrogens is 2. The number of nitrogens with one attached hydrogen (secondary N) is 1. The number of hydrogen-bond donors (Lipinski definition) is 2. The summed E-state index contributed by atoms with van der Waals surface area (Å²) in [5.74, 6) is 0.891. The Hall–Kier alpha value is -1.56. The summed E-state index contributed by atoms with van der Waals surface area (Å²) >= 11 is 0. The highest BCUT2D eigenvalue weighted by Gasteiger charge is 2.11. The highest BCUT2D eigenvalue weighted by Crippen LogP contribution is 2.13. The van der Waals surface area contributed by atoms with E-state index in [0.29, 0.717) is 24.9 Å². The summed E-state index contributed by atoms with van der Waals surface area (Å²) in [5, 5.41) is 6.63. The number of carbonyl (C=O) groups excluding carboxylic acids is 1. The molecule has 0 bridgehead atoms. The van der Waals surface area contributed by atoms with Crippen LogP contribution in [0.25, 0.3) is 0 Å². The molecule has 0 atom stereocenters. The van der Waals surface area contributed by atoms with Gasteiger partial charge in [0.05, 0.1) is 12.8 Å². The zero-order valence-electron chi connectivity index (χ0n) is 9.86. The lowest BCUT2D eigenvalue weighted by atomic mass is 10.2. The number of amides is 1. The van der Waals surface area contributed by atoms with Gasteiger partial charge in [0.15, 0.2) is 0 Å². The first-order chi connectivity index (χ1) is 7.54. The second-order valence-corrected chi connectivity index (χ2v) is 3.96. The van der Waals surface area contributed by atoms with Crippen LogP contribution >= 0.6 is 0 Å². The predicted molar refractivity (Wildman–Crippen MR) is 60.9 cm³/mol. The van der Waals surface area contributed by atoms with Crippen molar-refractivity contribution in [3.05, 3.63) is 11.8 Å². The molecule has 3 N–H and O–H groups in total. The second kappa shape index (κ2) is 5.50. The van der Waals surface area contributed by atoms with E-state index in [-0.39, 0.29) is 0 Å². The van der Waals surface area contributed by atoms with E-state index in [4.69, 9.17) is 10.5 Å². The number of aryl methyl sites for hydroxylation is 1. The molecule has 1 rings (SSSR count). The van der Waals surface area contributed by atoms with Crippen LogP contribution in [0.1, 0.15) is 19.4 Å². The van der Waals surface area contributed by atoms with Crippen LogP contribution < -0.4 is 11.1 Å². The van der Waals surface area contributed by atoms with Gasteiger partial charge in [0, 0.05) is 19.2 Å². The zero-order chi connectivity index (χ0) is 12.1.